The van der Waals surface area contributed by atoms with Crippen molar-refractivity contribution in [1.82, 2.24) is 9.97 Å². The van der Waals surface area contributed by atoms with Gasteiger partial charge in [0.05, 0.1) is 8.68 Å². The van der Waals surface area contributed by atoms with Gasteiger partial charge in [-0.2, -0.15) is 0 Å². The monoisotopic (exact) mass is 488 g/mol. The van der Waals surface area contributed by atoms with E-state index in [4.69, 9.17) is 0 Å². The molecule has 0 amide bonds. The molecule has 8 nitrogen and oxygen atoms in total. The van der Waals surface area contributed by atoms with Crippen molar-refractivity contribution >= 4 is 58.9 Å². The third-order valence-corrected chi connectivity index (χ3v) is 8.09. The highest BCUT2D eigenvalue weighted by Gasteiger charge is 2.19. The molecule has 2 aromatic heterocycles. The van der Waals surface area contributed by atoms with Crippen LogP contribution in [0.1, 0.15) is 5.69 Å². The number of halogens is 1. The normalized spacial score (nSPS) is 11.9. The predicted octanol–water partition coefficient (Wildman–Crippen LogP) is 3.21. The van der Waals surface area contributed by atoms with E-state index >= 15 is 0 Å². The molecule has 0 bridgehead atoms. The number of hydrogen-bond donors (Lipinski definition) is 2. The minimum absolute atomic E-state index is 0.0388. The summed E-state index contributed by atoms with van der Waals surface area (Å²) in [5.41, 5.74) is 0.859. The lowest BCUT2D eigenvalue weighted by molar-refractivity contribution is 0.600. The van der Waals surface area contributed by atoms with E-state index in [1.807, 2.05) is 0 Å². The van der Waals surface area contributed by atoms with Gasteiger partial charge in [-0.1, -0.05) is 0 Å². The molecule has 0 saturated carbocycles. The van der Waals surface area contributed by atoms with Gasteiger partial charge in [-0.25, -0.2) is 31.5 Å². The van der Waals surface area contributed by atoms with Gasteiger partial charge >= 0.3 is 0 Å². The maximum atomic E-state index is 12.4. The van der Waals surface area contributed by atoms with Gasteiger partial charge < -0.3 is 0 Å². The molecule has 0 aliphatic rings. The molecule has 0 fully saturated rings. The van der Waals surface area contributed by atoms with E-state index < -0.39 is 20.0 Å². The number of hydrogen-bond acceptors (Lipinski definition) is 7. The molecule has 0 aliphatic heterocycles. The van der Waals surface area contributed by atoms with Gasteiger partial charge in [0.25, 0.3) is 20.0 Å². The summed E-state index contributed by atoms with van der Waals surface area (Å²) in [6.45, 7) is 1.71. The molecule has 0 spiro atoms. The van der Waals surface area contributed by atoms with Crippen LogP contribution in [-0.4, -0.2) is 26.8 Å². The molecule has 0 aliphatic carbocycles. The number of anilines is 2. The number of rotatable bonds is 6. The molecule has 0 saturated heterocycles. The summed E-state index contributed by atoms with van der Waals surface area (Å²) >= 11 is 4.29. The van der Waals surface area contributed by atoms with Crippen LogP contribution in [0.25, 0.3) is 0 Å². The van der Waals surface area contributed by atoms with Crippen LogP contribution >= 0.6 is 27.3 Å². The minimum atomic E-state index is -3.90. The smallest absolute Gasteiger partial charge is 0.271 e. The Kier molecular flexibility index (Phi) is 5.51. The number of nitrogens with one attached hydrogen (secondary N) is 2. The van der Waals surface area contributed by atoms with Gasteiger partial charge in [0.15, 0.2) is 0 Å². The lowest BCUT2D eigenvalue weighted by Crippen LogP contribution is -2.15. The zero-order valence-electron chi connectivity index (χ0n) is 13.7. The van der Waals surface area contributed by atoms with E-state index in [1.165, 1.54) is 36.5 Å². The highest BCUT2D eigenvalue weighted by molar-refractivity contribution is 9.11. The first-order chi connectivity index (χ1) is 12.7. The summed E-state index contributed by atoms with van der Waals surface area (Å²) < 4.78 is 54.9. The highest BCUT2D eigenvalue weighted by atomic mass is 79.9. The average Bonchev–Trinajstić information content (AvgIpc) is 3.02. The van der Waals surface area contributed by atoms with Crippen LogP contribution in [0.5, 0.6) is 0 Å². The van der Waals surface area contributed by atoms with E-state index in [2.05, 4.69) is 35.3 Å². The fraction of sp³-hybridized carbons (Fsp3) is 0.0667. The van der Waals surface area contributed by atoms with Crippen LogP contribution in [-0.2, 0) is 20.0 Å². The summed E-state index contributed by atoms with van der Waals surface area (Å²) in [6, 6.07) is 10.1. The summed E-state index contributed by atoms with van der Waals surface area (Å²) in [7, 11) is -7.64. The number of thiophene rings is 1. The maximum absolute atomic E-state index is 12.4. The molecular formula is C15H13BrN4O4S3. The zero-order valence-corrected chi connectivity index (χ0v) is 17.8. The summed E-state index contributed by atoms with van der Waals surface area (Å²) in [5, 5.41) is 0. The number of aromatic nitrogens is 2. The number of aryl methyl sites for hydroxylation is 1. The summed E-state index contributed by atoms with van der Waals surface area (Å²) in [4.78, 5) is 7.80. The highest BCUT2D eigenvalue weighted by Crippen LogP contribution is 2.28. The Morgan fingerprint density at radius 2 is 1.63 bits per heavy atom. The van der Waals surface area contributed by atoms with Gasteiger partial charge in [-0.15, -0.1) is 11.3 Å². The lowest BCUT2D eigenvalue weighted by Gasteiger charge is -2.09. The molecule has 3 rings (SSSR count). The fourth-order valence-electron chi connectivity index (χ4n) is 2.03. The predicted molar refractivity (Wildman–Crippen MR) is 107 cm³/mol. The average molecular weight is 489 g/mol. The van der Waals surface area contributed by atoms with Crippen LogP contribution in [0.15, 0.2) is 61.6 Å². The van der Waals surface area contributed by atoms with Crippen molar-refractivity contribution < 1.29 is 16.8 Å². The topological polar surface area (TPSA) is 118 Å². The van der Waals surface area contributed by atoms with Crippen molar-refractivity contribution in [2.45, 2.75) is 16.0 Å². The van der Waals surface area contributed by atoms with E-state index in [0.29, 0.717) is 9.48 Å². The second kappa shape index (κ2) is 7.54. The summed E-state index contributed by atoms with van der Waals surface area (Å²) in [5.74, 6) is -0.0388. The molecule has 142 valence electrons. The number of sulfonamides is 2. The van der Waals surface area contributed by atoms with Gasteiger partial charge in [0.1, 0.15) is 4.21 Å². The van der Waals surface area contributed by atoms with Crippen LogP contribution in [0.3, 0.4) is 0 Å². The van der Waals surface area contributed by atoms with E-state index in [9.17, 15) is 16.8 Å². The van der Waals surface area contributed by atoms with E-state index in [0.717, 1.165) is 11.3 Å². The van der Waals surface area contributed by atoms with Crippen molar-refractivity contribution in [2.75, 3.05) is 9.44 Å². The van der Waals surface area contributed by atoms with Gasteiger partial charge in [0.2, 0.25) is 5.95 Å². The minimum Gasteiger partial charge on any atom is -0.279 e. The van der Waals surface area contributed by atoms with Crippen molar-refractivity contribution in [3.63, 3.8) is 0 Å². The molecule has 2 N–H and O–H groups in total. The van der Waals surface area contributed by atoms with Crippen LogP contribution < -0.4 is 9.44 Å². The zero-order chi connectivity index (χ0) is 19.7. The van der Waals surface area contributed by atoms with Crippen molar-refractivity contribution in [3.05, 3.63) is 58.1 Å². The first-order valence-electron chi connectivity index (χ1n) is 7.36. The first-order valence-corrected chi connectivity index (χ1v) is 11.9. The Bertz CT molecular complexity index is 1180. The molecule has 3 aromatic rings. The fourth-order valence-corrected chi connectivity index (χ4v) is 6.05. The van der Waals surface area contributed by atoms with Crippen LogP contribution in [0.2, 0.25) is 0 Å². The molecule has 1 aromatic carbocycles. The van der Waals surface area contributed by atoms with Gasteiger partial charge in [0, 0.05) is 17.6 Å². The van der Waals surface area contributed by atoms with Crippen molar-refractivity contribution in [2.24, 2.45) is 0 Å². The Morgan fingerprint density at radius 3 is 2.22 bits per heavy atom. The molecular weight excluding hydrogens is 476 g/mol. The van der Waals surface area contributed by atoms with E-state index in [-0.39, 0.29) is 20.7 Å². The molecule has 12 heteroatoms. The van der Waals surface area contributed by atoms with Crippen LogP contribution in [0, 0.1) is 6.92 Å². The first kappa shape index (κ1) is 19.7. The molecule has 0 atom stereocenters. The van der Waals surface area contributed by atoms with Crippen molar-refractivity contribution in [1.29, 1.82) is 0 Å². The number of nitrogens with zero attached hydrogens (tertiary/aromatic N) is 2. The second-order valence-electron chi connectivity index (χ2n) is 5.32. The third kappa shape index (κ3) is 4.83. The lowest BCUT2D eigenvalue weighted by atomic mass is 10.3. The number of benzene rings is 1. The Hall–Kier alpha value is -2.02. The van der Waals surface area contributed by atoms with Gasteiger partial charge in [-0.3, -0.25) is 4.72 Å². The Labute approximate surface area is 168 Å². The van der Waals surface area contributed by atoms with Crippen molar-refractivity contribution in [3.8, 4) is 0 Å². The maximum Gasteiger partial charge on any atom is 0.271 e. The molecule has 2 heterocycles. The largest absolute Gasteiger partial charge is 0.279 e. The van der Waals surface area contributed by atoms with Gasteiger partial charge in [-0.05, 0) is 65.3 Å². The van der Waals surface area contributed by atoms with E-state index in [1.54, 1.807) is 19.1 Å². The third-order valence-electron chi connectivity index (χ3n) is 3.25. The molecule has 27 heavy (non-hydrogen) atoms. The SMILES string of the molecule is Cc1ccnc(NS(=O)(=O)c2ccc(NS(=O)(=O)c3ccc(Br)s3)cc2)n1. The Balaban J connectivity index is 1.78. The standard InChI is InChI=1S/C15H13BrN4O4S3/c1-10-8-9-17-15(18-10)20-26(21,22)12-4-2-11(3-5-12)19-27(23,24)14-7-6-13(16)25-14/h2-9,19H,1H3,(H,17,18,20). The summed E-state index contributed by atoms with van der Waals surface area (Å²) in [6.07, 6.45) is 1.45. The van der Waals surface area contributed by atoms with Crippen LogP contribution in [0.4, 0.5) is 11.6 Å². The Morgan fingerprint density at radius 1 is 0.926 bits per heavy atom. The second-order valence-corrected chi connectivity index (χ2v) is 11.4. The molecule has 0 unspecified atom stereocenters. The quantitative estimate of drug-likeness (QED) is 0.549. The molecule has 0 radical (unpaired) electrons.